The number of anilines is 2. The summed E-state index contributed by atoms with van der Waals surface area (Å²) in [6.45, 7) is 23.4. The van der Waals surface area contributed by atoms with Gasteiger partial charge in [0, 0.05) is 0 Å². The summed E-state index contributed by atoms with van der Waals surface area (Å²) < 4.78 is 6.48. The van der Waals surface area contributed by atoms with E-state index in [1.807, 2.05) is 12.1 Å². The van der Waals surface area contributed by atoms with E-state index >= 15 is 0 Å². The molecule has 2 aromatic rings. The third kappa shape index (κ3) is 5.67. The quantitative estimate of drug-likeness (QED) is 0.454. The number of hydrogen-bond donors (Lipinski definition) is 2. The number of rotatable bonds is 6. The summed E-state index contributed by atoms with van der Waals surface area (Å²) in [4.78, 5) is 7.68. The Hall–Kier alpha value is -1.73. The van der Waals surface area contributed by atoms with Gasteiger partial charge in [0.05, 0.1) is 11.4 Å². The average Bonchev–Trinajstić information content (AvgIpc) is 2.56. The largest absolute Gasteiger partial charge is 0.453 e. The Morgan fingerprint density at radius 3 is 1.21 bits per heavy atom. The first-order valence-corrected chi connectivity index (χ1v) is 16.6. The molecule has 0 atom stereocenters. The molecule has 2 aromatic carbocycles. The minimum atomic E-state index is -1.71. The lowest BCUT2D eigenvalue weighted by molar-refractivity contribution is 0.487. The number of hydrogen-bond acceptors (Lipinski definition) is 3. The molecule has 5 heteroatoms. The molecule has 0 radical (unpaired) electrons. The molecule has 160 valence electrons. The lowest BCUT2D eigenvalue weighted by atomic mass is 10.2. The second kappa shape index (κ2) is 8.19. The van der Waals surface area contributed by atoms with Crippen LogP contribution in [0.2, 0.25) is 36.3 Å². The van der Waals surface area contributed by atoms with E-state index < -0.39 is 16.5 Å². The van der Waals surface area contributed by atoms with Crippen LogP contribution in [-0.2, 0) is 0 Å². The molecule has 2 N–H and O–H groups in total. The average molecular weight is 429 g/mol. The van der Waals surface area contributed by atoms with Crippen molar-refractivity contribution in [3.63, 3.8) is 0 Å². The highest BCUT2D eigenvalue weighted by Crippen LogP contribution is 2.42. The first-order chi connectivity index (χ1) is 13.1. The normalized spacial score (nSPS) is 13.2. The fourth-order valence-electron chi connectivity index (χ4n) is 2.48. The molecule has 0 bridgehead atoms. The minimum Gasteiger partial charge on any atom is -0.453 e. The number of benzene rings is 2. The highest BCUT2D eigenvalue weighted by atomic mass is 28.3. The second-order valence-electron chi connectivity index (χ2n) is 11.1. The summed E-state index contributed by atoms with van der Waals surface area (Å²) >= 11 is 0. The maximum absolute atomic E-state index is 6.48. The molecule has 0 fully saturated rings. The Balaban J connectivity index is 2.35. The van der Waals surface area contributed by atoms with Gasteiger partial charge in [0.2, 0.25) is 0 Å². The van der Waals surface area contributed by atoms with E-state index in [-0.39, 0.29) is 10.1 Å². The van der Waals surface area contributed by atoms with Crippen LogP contribution in [0, 0.1) is 0 Å². The van der Waals surface area contributed by atoms with Gasteiger partial charge in [-0.1, -0.05) is 92.0 Å². The minimum absolute atomic E-state index is 0.238. The smallest absolute Gasteiger partial charge is 0.152 e. The Morgan fingerprint density at radius 1 is 0.586 bits per heavy atom. The van der Waals surface area contributed by atoms with E-state index in [1.54, 1.807) is 0 Å². The first kappa shape index (κ1) is 23.6. The van der Waals surface area contributed by atoms with Crippen LogP contribution in [0.1, 0.15) is 41.5 Å². The fourth-order valence-corrected chi connectivity index (χ4v) is 4.99. The van der Waals surface area contributed by atoms with Crippen molar-refractivity contribution < 1.29 is 4.74 Å². The van der Waals surface area contributed by atoms with Crippen LogP contribution in [0.25, 0.3) is 0 Å². The van der Waals surface area contributed by atoms with Crippen LogP contribution in [0.15, 0.2) is 48.5 Å². The predicted molar refractivity (Wildman–Crippen MR) is 135 cm³/mol. The topological polar surface area (TPSA) is 33.3 Å². The molecule has 0 saturated heterocycles. The summed E-state index contributed by atoms with van der Waals surface area (Å²) in [5.74, 6) is 1.75. The zero-order valence-electron chi connectivity index (χ0n) is 20.0. The maximum atomic E-state index is 6.48. The summed E-state index contributed by atoms with van der Waals surface area (Å²) in [5, 5.41) is 0.476. The lowest BCUT2D eigenvalue weighted by Crippen LogP contribution is -2.46. The zero-order valence-corrected chi connectivity index (χ0v) is 22.0. The molecule has 0 unspecified atom stereocenters. The maximum Gasteiger partial charge on any atom is 0.152 e. The van der Waals surface area contributed by atoms with E-state index in [1.165, 1.54) is 0 Å². The van der Waals surface area contributed by atoms with Gasteiger partial charge in [-0.25, -0.2) is 0 Å². The third-order valence-electron chi connectivity index (χ3n) is 6.64. The molecule has 0 spiro atoms. The van der Waals surface area contributed by atoms with E-state index in [4.69, 9.17) is 4.74 Å². The van der Waals surface area contributed by atoms with Gasteiger partial charge in [-0.3, -0.25) is 0 Å². The highest BCUT2D eigenvalue weighted by Gasteiger charge is 2.37. The van der Waals surface area contributed by atoms with Crippen molar-refractivity contribution >= 4 is 27.8 Å². The van der Waals surface area contributed by atoms with Gasteiger partial charge in [0.25, 0.3) is 0 Å². The van der Waals surface area contributed by atoms with Crippen LogP contribution in [0.4, 0.5) is 11.4 Å². The van der Waals surface area contributed by atoms with Crippen LogP contribution in [-0.4, -0.2) is 16.5 Å². The summed E-state index contributed by atoms with van der Waals surface area (Å²) in [5.41, 5.74) is 2.14. The number of nitrogens with one attached hydrogen (secondary N) is 2. The van der Waals surface area contributed by atoms with Gasteiger partial charge < -0.3 is 14.7 Å². The van der Waals surface area contributed by atoms with E-state index in [0.29, 0.717) is 0 Å². The van der Waals surface area contributed by atoms with Crippen molar-refractivity contribution in [1.29, 1.82) is 0 Å². The molecule has 3 nitrogen and oxygen atoms in total. The molecular weight excluding hydrogens is 388 g/mol. The second-order valence-corrected chi connectivity index (χ2v) is 21.1. The predicted octanol–water partition coefficient (Wildman–Crippen LogP) is 8.31. The summed E-state index contributed by atoms with van der Waals surface area (Å²) in [6.07, 6.45) is 0. The first-order valence-electron chi connectivity index (χ1n) is 10.6. The summed E-state index contributed by atoms with van der Waals surface area (Å²) in [6, 6.07) is 16.6. The van der Waals surface area contributed by atoms with Crippen molar-refractivity contribution in [1.82, 2.24) is 0 Å². The Labute approximate surface area is 180 Å². The van der Waals surface area contributed by atoms with Gasteiger partial charge in [-0.05, 0) is 34.3 Å². The molecule has 29 heavy (non-hydrogen) atoms. The van der Waals surface area contributed by atoms with Crippen molar-refractivity contribution in [3.05, 3.63) is 48.5 Å². The zero-order chi connectivity index (χ0) is 22.1. The summed E-state index contributed by atoms with van der Waals surface area (Å²) in [7, 11) is -3.42. The van der Waals surface area contributed by atoms with Crippen LogP contribution in [0.5, 0.6) is 11.5 Å². The van der Waals surface area contributed by atoms with Crippen LogP contribution < -0.4 is 14.7 Å². The standard InChI is InChI=1S/C24H40N2OSi2/c1-23(2,3)28(7,8)25-19-15-11-13-17-21(19)27-22-18-14-12-16-20(22)26-29(9,10)24(4,5)6/h11-18,25-26H,1-10H3. The van der Waals surface area contributed by atoms with Gasteiger partial charge in [0.15, 0.2) is 16.5 Å². The fraction of sp³-hybridized carbons (Fsp3) is 0.500. The van der Waals surface area contributed by atoms with Gasteiger partial charge >= 0.3 is 0 Å². The van der Waals surface area contributed by atoms with Gasteiger partial charge in [-0.2, -0.15) is 0 Å². The van der Waals surface area contributed by atoms with E-state index in [2.05, 4.69) is 114 Å². The molecule has 0 aliphatic carbocycles. The Kier molecular flexibility index (Phi) is 6.65. The van der Waals surface area contributed by atoms with E-state index in [9.17, 15) is 0 Å². The molecule has 0 amide bonds. The van der Waals surface area contributed by atoms with Crippen molar-refractivity contribution in [2.45, 2.75) is 77.8 Å². The third-order valence-corrected chi connectivity index (χ3v) is 15.9. The monoisotopic (exact) mass is 428 g/mol. The molecule has 0 aromatic heterocycles. The lowest BCUT2D eigenvalue weighted by Gasteiger charge is -2.39. The molecule has 0 aliphatic rings. The molecule has 0 aliphatic heterocycles. The van der Waals surface area contributed by atoms with Gasteiger partial charge in [0.1, 0.15) is 11.5 Å². The number of ether oxygens (including phenoxy) is 1. The van der Waals surface area contributed by atoms with Crippen LogP contribution >= 0.6 is 0 Å². The number of para-hydroxylation sites is 4. The van der Waals surface area contributed by atoms with Crippen molar-refractivity contribution in [3.8, 4) is 11.5 Å². The van der Waals surface area contributed by atoms with E-state index in [0.717, 1.165) is 22.9 Å². The Morgan fingerprint density at radius 2 is 0.897 bits per heavy atom. The van der Waals surface area contributed by atoms with Gasteiger partial charge in [-0.15, -0.1) is 0 Å². The Bertz CT molecular complexity index is 764. The van der Waals surface area contributed by atoms with Crippen molar-refractivity contribution in [2.75, 3.05) is 9.96 Å². The highest BCUT2D eigenvalue weighted by molar-refractivity contribution is 6.83. The molecule has 2 rings (SSSR count). The SMILES string of the molecule is CC(C)(C)[Si](C)(C)Nc1ccccc1Oc1ccccc1N[Si](C)(C)C(C)(C)C. The van der Waals surface area contributed by atoms with Crippen molar-refractivity contribution in [2.24, 2.45) is 0 Å². The van der Waals surface area contributed by atoms with Crippen LogP contribution in [0.3, 0.4) is 0 Å². The molecule has 0 heterocycles. The molecular formula is C24H40N2OSi2. The molecule has 0 saturated carbocycles.